The number of carbonyl (C=O) groups excluding carboxylic acids is 1. The summed E-state index contributed by atoms with van der Waals surface area (Å²) in [5.74, 6) is 0.577. The highest BCUT2D eigenvalue weighted by atomic mass is 19.1. The highest BCUT2D eigenvalue weighted by Gasteiger charge is 2.20. The maximum Gasteiger partial charge on any atom is 0.243 e. The highest BCUT2D eigenvalue weighted by molar-refractivity contribution is 5.75. The number of rotatable bonds is 4. The molecule has 6 nitrogen and oxygen atoms in total. The molecule has 1 fully saturated rings. The van der Waals surface area contributed by atoms with Crippen molar-refractivity contribution in [3.63, 3.8) is 0 Å². The number of amides is 1. The summed E-state index contributed by atoms with van der Waals surface area (Å²) in [7, 11) is 0. The molecule has 0 saturated heterocycles. The largest absolute Gasteiger partial charge is 0.352 e. The fraction of sp³-hybridized carbons (Fsp3) is 0.500. The van der Waals surface area contributed by atoms with Gasteiger partial charge in [-0.05, 0) is 48.9 Å². The van der Waals surface area contributed by atoms with Gasteiger partial charge >= 0.3 is 0 Å². The molecule has 1 heterocycles. The molecule has 1 aromatic carbocycles. The van der Waals surface area contributed by atoms with Gasteiger partial charge in [0.05, 0.1) is 0 Å². The van der Waals surface area contributed by atoms with Crippen LogP contribution in [0.25, 0.3) is 11.4 Å². The molecular formula is C16H20FN5O. The Bertz CT molecular complexity index is 679. The van der Waals surface area contributed by atoms with Crippen LogP contribution in [-0.2, 0) is 11.3 Å². The van der Waals surface area contributed by atoms with Gasteiger partial charge in [-0.2, -0.15) is 4.80 Å². The van der Waals surface area contributed by atoms with Crippen LogP contribution in [-0.4, -0.2) is 32.2 Å². The average molecular weight is 317 g/mol. The van der Waals surface area contributed by atoms with Crippen molar-refractivity contribution in [2.24, 2.45) is 5.92 Å². The van der Waals surface area contributed by atoms with Crippen molar-refractivity contribution in [2.75, 3.05) is 0 Å². The highest BCUT2D eigenvalue weighted by Crippen LogP contribution is 2.23. The zero-order chi connectivity index (χ0) is 16.2. The summed E-state index contributed by atoms with van der Waals surface area (Å²) in [6.07, 6.45) is 4.34. The molecule has 7 heteroatoms. The number of carbonyl (C=O) groups is 1. The van der Waals surface area contributed by atoms with E-state index in [1.165, 1.54) is 16.9 Å². The van der Waals surface area contributed by atoms with Crippen LogP contribution in [0.15, 0.2) is 24.3 Å². The van der Waals surface area contributed by atoms with Crippen LogP contribution < -0.4 is 5.32 Å². The molecule has 1 saturated carbocycles. The average Bonchev–Trinajstić information content (AvgIpc) is 2.98. The van der Waals surface area contributed by atoms with E-state index in [0.29, 0.717) is 11.4 Å². The number of benzene rings is 1. The van der Waals surface area contributed by atoms with E-state index in [-0.39, 0.29) is 24.3 Å². The smallest absolute Gasteiger partial charge is 0.243 e. The Morgan fingerprint density at radius 3 is 2.87 bits per heavy atom. The van der Waals surface area contributed by atoms with Gasteiger partial charge in [-0.3, -0.25) is 4.79 Å². The SMILES string of the molecule is CC1CCC(NC(=O)Cn2nnc(-c3cccc(F)c3)n2)CC1. The van der Waals surface area contributed by atoms with E-state index in [2.05, 4.69) is 27.7 Å². The Balaban J connectivity index is 1.57. The Morgan fingerprint density at radius 2 is 2.13 bits per heavy atom. The van der Waals surface area contributed by atoms with E-state index in [1.54, 1.807) is 12.1 Å². The van der Waals surface area contributed by atoms with Crippen molar-refractivity contribution in [2.45, 2.75) is 45.2 Å². The van der Waals surface area contributed by atoms with E-state index in [4.69, 9.17) is 0 Å². The molecule has 1 aliphatic rings. The number of hydrogen-bond donors (Lipinski definition) is 1. The second-order valence-corrected chi connectivity index (χ2v) is 6.18. The zero-order valence-electron chi connectivity index (χ0n) is 13.1. The fourth-order valence-corrected chi connectivity index (χ4v) is 2.86. The molecule has 0 bridgehead atoms. The van der Waals surface area contributed by atoms with Gasteiger partial charge < -0.3 is 5.32 Å². The molecule has 1 aromatic heterocycles. The molecule has 0 radical (unpaired) electrons. The first kappa shape index (κ1) is 15.6. The topological polar surface area (TPSA) is 72.7 Å². The van der Waals surface area contributed by atoms with Crippen molar-refractivity contribution in [1.82, 2.24) is 25.5 Å². The van der Waals surface area contributed by atoms with E-state index in [1.807, 2.05) is 0 Å². The van der Waals surface area contributed by atoms with Gasteiger partial charge in [0.25, 0.3) is 0 Å². The lowest BCUT2D eigenvalue weighted by atomic mass is 9.87. The van der Waals surface area contributed by atoms with Crippen LogP contribution in [0.1, 0.15) is 32.6 Å². The van der Waals surface area contributed by atoms with E-state index in [0.717, 1.165) is 31.6 Å². The Hall–Kier alpha value is -2.31. The Labute approximate surface area is 134 Å². The Morgan fingerprint density at radius 1 is 1.35 bits per heavy atom. The summed E-state index contributed by atoms with van der Waals surface area (Å²) in [5.41, 5.74) is 0.540. The molecule has 122 valence electrons. The standard InChI is InChI=1S/C16H20FN5O/c1-11-5-7-14(8-6-11)18-15(23)10-22-20-16(19-21-22)12-3-2-4-13(17)9-12/h2-4,9,11,14H,5-8,10H2,1H3,(H,18,23). The number of halogens is 1. The van der Waals surface area contributed by atoms with Gasteiger partial charge in [0, 0.05) is 11.6 Å². The maximum atomic E-state index is 13.2. The lowest BCUT2D eigenvalue weighted by Crippen LogP contribution is -2.39. The zero-order valence-corrected chi connectivity index (χ0v) is 13.1. The lowest BCUT2D eigenvalue weighted by molar-refractivity contribution is -0.123. The van der Waals surface area contributed by atoms with Crippen LogP contribution in [0.4, 0.5) is 4.39 Å². The van der Waals surface area contributed by atoms with E-state index < -0.39 is 0 Å². The predicted octanol–water partition coefficient (Wildman–Crippen LogP) is 2.17. The van der Waals surface area contributed by atoms with Crippen LogP contribution in [0, 0.1) is 11.7 Å². The van der Waals surface area contributed by atoms with Crippen molar-refractivity contribution >= 4 is 5.91 Å². The number of hydrogen-bond acceptors (Lipinski definition) is 4. The third kappa shape index (κ3) is 4.12. The summed E-state index contributed by atoms with van der Waals surface area (Å²) in [6.45, 7) is 2.26. The van der Waals surface area contributed by atoms with Crippen LogP contribution >= 0.6 is 0 Å². The molecule has 1 amide bonds. The van der Waals surface area contributed by atoms with Crippen molar-refractivity contribution in [3.8, 4) is 11.4 Å². The van der Waals surface area contributed by atoms with Crippen LogP contribution in [0.2, 0.25) is 0 Å². The molecule has 0 aliphatic heterocycles. The molecule has 0 spiro atoms. The quantitative estimate of drug-likeness (QED) is 0.938. The minimum atomic E-state index is -0.358. The van der Waals surface area contributed by atoms with Gasteiger partial charge in [0.15, 0.2) is 0 Å². The fourth-order valence-electron chi connectivity index (χ4n) is 2.86. The molecule has 0 atom stereocenters. The normalized spacial score (nSPS) is 21.1. The minimum absolute atomic E-state index is 0.0222. The maximum absolute atomic E-state index is 13.2. The summed E-state index contributed by atoms with van der Waals surface area (Å²) in [4.78, 5) is 13.3. The second-order valence-electron chi connectivity index (χ2n) is 6.18. The molecule has 23 heavy (non-hydrogen) atoms. The van der Waals surface area contributed by atoms with Crippen LogP contribution in [0.5, 0.6) is 0 Å². The number of nitrogens with one attached hydrogen (secondary N) is 1. The molecular weight excluding hydrogens is 297 g/mol. The second kappa shape index (κ2) is 6.85. The van der Waals surface area contributed by atoms with Crippen molar-refractivity contribution < 1.29 is 9.18 Å². The third-order valence-electron chi connectivity index (χ3n) is 4.20. The monoisotopic (exact) mass is 317 g/mol. The van der Waals surface area contributed by atoms with E-state index in [9.17, 15) is 9.18 Å². The van der Waals surface area contributed by atoms with Crippen molar-refractivity contribution in [1.29, 1.82) is 0 Å². The van der Waals surface area contributed by atoms with E-state index >= 15 is 0 Å². The summed E-state index contributed by atoms with van der Waals surface area (Å²) in [5, 5.41) is 14.9. The first-order valence-electron chi connectivity index (χ1n) is 7.93. The number of tetrazole rings is 1. The van der Waals surface area contributed by atoms with Crippen LogP contribution in [0.3, 0.4) is 0 Å². The molecule has 1 N–H and O–H groups in total. The molecule has 1 aliphatic carbocycles. The van der Waals surface area contributed by atoms with Gasteiger partial charge in [0.1, 0.15) is 12.4 Å². The first-order valence-corrected chi connectivity index (χ1v) is 7.93. The summed E-state index contributed by atoms with van der Waals surface area (Å²) < 4.78 is 13.2. The summed E-state index contributed by atoms with van der Waals surface area (Å²) in [6, 6.07) is 6.22. The van der Waals surface area contributed by atoms with Gasteiger partial charge in [-0.1, -0.05) is 19.1 Å². The first-order chi connectivity index (χ1) is 11.1. The molecule has 2 aromatic rings. The third-order valence-corrected chi connectivity index (χ3v) is 4.20. The minimum Gasteiger partial charge on any atom is -0.352 e. The number of aromatic nitrogens is 4. The van der Waals surface area contributed by atoms with Crippen molar-refractivity contribution in [3.05, 3.63) is 30.1 Å². The summed E-state index contributed by atoms with van der Waals surface area (Å²) >= 11 is 0. The lowest BCUT2D eigenvalue weighted by Gasteiger charge is -2.26. The predicted molar refractivity (Wildman–Crippen MR) is 82.8 cm³/mol. The van der Waals surface area contributed by atoms with Gasteiger partial charge in [-0.15, -0.1) is 10.2 Å². The molecule has 3 rings (SSSR count). The van der Waals surface area contributed by atoms with Gasteiger partial charge in [-0.25, -0.2) is 4.39 Å². The number of nitrogens with zero attached hydrogens (tertiary/aromatic N) is 4. The Kier molecular flexibility index (Phi) is 4.64. The van der Waals surface area contributed by atoms with Gasteiger partial charge in [0.2, 0.25) is 11.7 Å². The molecule has 0 unspecified atom stereocenters.